The maximum absolute atomic E-state index is 13.5. The Morgan fingerprint density at radius 3 is 2.66 bits per heavy atom. The van der Waals surface area contributed by atoms with Crippen molar-refractivity contribution in [1.82, 2.24) is 15.4 Å². The fourth-order valence-corrected chi connectivity index (χ4v) is 5.12. The van der Waals surface area contributed by atoms with Gasteiger partial charge in [-0.3, -0.25) is 14.4 Å². The molecule has 4 rings (SSSR count). The van der Waals surface area contributed by atoms with Gasteiger partial charge in [0.05, 0.1) is 12.8 Å². The highest BCUT2D eigenvalue weighted by atomic mass is 32.1. The summed E-state index contributed by atoms with van der Waals surface area (Å²) in [5.74, 6) is 0.558. The Hall–Kier alpha value is -3.40. The van der Waals surface area contributed by atoms with Crippen LogP contribution in [-0.4, -0.2) is 33.8 Å². The molecule has 9 nitrogen and oxygen atoms in total. The highest BCUT2D eigenvalue weighted by Crippen LogP contribution is 2.29. The summed E-state index contributed by atoms with van der Waals surface area (Å²) >= 11 is 1.42. The number of hydrogen-bond donors (Lipinski definition) is 2. The molecule has 0 aliphatic heterocycles. The topological polar surface area (TPSA) is 118 Å². The van der Waals surface area contributed by atoms with Crippen molar-refractivity contribution in [3.05, 3.63) is 58.4 Å². The molecule has 1 atom stereocenters. The van der Waals surface area contributed by atoms with E-state index in [1.807, 2.05) is 17.5 Å². The molecule has 186 valence electrons. The number of nitrogens with one attached hydrogen (secondary N) is 2. The van der Waals surface area contributed by atoms with Crippen LogP contribution in [0.25, 0.3) is 0 Å². The molecule has 0 saturated heterocycles. The van der Waals surface area contributed by atoms with Gasteiger partial charge in [0.15, 0.2) is 5.82 Å². The first-order chi connectivity index (χ1) is 17.0. The first kappa shape index (κ1) is 24.7. The minimum Gasteiger partial charge on any atom is -0.467 e. The SMILES string of the molecule is Cc1cc(NC(=O)CCC(=O)N(Cc2ccco2)[C@@H](C(=O)NC2CCCCC2)c2cccs2)no1. The maximum Gasteiger partial charge on any atom is 0.248 e. The van der Waals surface area contributed by atoms with Crippen LogP contribution in [0.4, 0.5) is 5.82 Å². The Morgan fingerprint density at radius 1 is 1.17 bits per heavy atom. The van der Waals surface area contributed by atoms with Crippen molar-refractivity contribution < 1.29 is 23.3 Å². The van der Waals surface area contributed by atoms with Gasteiger partial charge in [-0.05, 0) is 43.3 Å². The first-order valence-corrected chi connectivity index (χ1v) is 12.8. The van der Waals surface area contributed by atoms with E-state index < -0.39 is 6.04 Å². The van der Waals surface area contributed by atoms with Gasteiger partial charge in [0.25, 0.3) is 0 Å². The molecule has 0 spiro atoms. The molecule has 2 N–H and O–H groups in total. The second kappa shape index (κ2) is 11.8. The van der Waals surface area contributed by atoms with Gasteiger partial charge in [-0.15, -0.1) is 11.3 Å². The number of amides is 3. The number of carbonyl (C=O) groups excluding carboxylic acids is 3. The Bertz CT molecular complexity index is 1100. The third-order valence-electron chi connectivity index (χ3n) is 6.01. The number of thiophene rings is 1. The molecular formula is C25H30N4O5S. The second-order valence-corrected chi connectivity index (χ2v) is 9.71. The Morgan fingerprint density at radius 2 is 2.00 bits per heavy atom. The molecule has 0 unspecified atom stereocenters. The summed E-state index contributed by atoms with van der Waals surface area (Å²) in [4.78, 5) is 41.7. The van der Waals surface area contributed by atoms with E-state index in [9.17, 15) is 14.4 Å². The van der Waals surface area contributed by atoms with Crippen molar-refractivity contribution in [2.45, 2.75) is 70.5 Å². The van der Waals surface area contributed by atoms with Gasteiger partial charge >= 0.3 is 0 Å². The first-order valence-electron chi connectivity index (χ1n) is 11.9. The van der Waals surface area contributed by atoms with E-state index >= 15 is 0 Å². The molecule has 1 saturated carbocycles. The van der Waals surface area contributed by atoms with E-state index in [-0.39, 0.29) is 43.1 Å². The van der Waals surface area contributed by atoms with Gasteiger partial charge in [0, 0.05) is 29.8 Å². The minimum atomic E-state index is -0.809. The monoisotopic (exact) mass is 498 g/mol. The van der Waals surface area contributed by atoms with Gasteiger partial charge in [0.1, 0.15) is 17.6 Å². The van der Waals surface area contributed by atoms with Crippen LogP contribution in [0.3, 0.4) is 0 Å². The Labute approximate surface area is 207 Å². The zero-order valence-electron chi connectivity index (χ0n) is 19.7. The zero-order valence-corrected chi connectivity index (χ0v) is 20.5. The molecule has 35 heavy (non-hydrogen) atoms. The van der Waals surface area contributed by atoms with Crippen molar-refractivity contribution in [3.63, 3.8) is 0 Å². The molecule has 3 amide bonds. The van der Waals surface area contributed by atoms with Crippen LogP contribution in [0.15, 0.2) is 50.9 Å². The lowest BCUT2D eigenvalue weighted by Crippen LogP contribution is -2.46. The second-order valence-electron chi connectivity index (χ2n) is 8.73. The number of aromatic nitrogens is 1. The van der Waals surface area contributed by atoms with Crippen LogP contribution in [0.2, 0.25) is 0 Å². The largest absolute Gasteiger partial charge is 0.467 e. The Kier molecular flexibility index (Phi) is 8.36. The van der Waals surface area contributed by atoms with Crippen molar-refractivity contribution >= 4 is 34.9 Å². The van der Waals surface area contributed by atoms with E-state index in [2.05, 4.69) is 15.8 Å². The maximum atomic E-state index is 13.5. The van der Waals surface area contributed by atoms with E-state index in [0.717, 1.165) is 30.6 Å². The Balaban J connectivity index is 1.50. The summed E-state index contributed by atoms with van der Waals surface area (Å²) in [6.07, 6.45) is 6.65. The fraction of sp³-hybridized carbons (Fsp3) is 0.440. The number of nitrogens with zero attached hydrogens (tertiary/aromatic N) is 2. The normalized spacial score (nSPS) is 14.9. The number of carbonyl (C=O) groups is 3. The smallest absolute Gasteiger partial charge is 0.248 e. The van der Waals surface area contributed by atoms with E-state index in [1.54, 1.807) is 25.1 Å². The van der Waals surface area contributed by atoms with Crippen molar-refractivity contribution in [3.8, 4) is 0 Å². The van der Waals surface area contributed by atoms with Gasteiger partial charge < -0.3 is 24.5 Å². The van der Waals surface area contributed by atoms with Crippen LogP contribution in [-0.2, 0) is 20.9 Å². The quantitative estimate of drug-likeness (QED) is 0.423. The standard InChI is InChI=1S/C25H30N4O5S/c1-17-15-21(28-34-17)27-22(30)11-12-23(31)29(16-19-9-5-13-33-19)24(20-10-6-14-35-20)25(32)26-18-7-3-2-4-8-18/h5-6,9-10,13-15,18,24H,2-4,7-8,11-12,16H2,1H3,(H,26,32)(H,27,28,30)/t24-/m1/s1. The predicted octanol–water partition coefficient (Wildman–Crippen LogP) is 4.58. The van der Waals surface area contributed by atoms with Crippen molar-refractivity contribution in [1.29, 1.82) is 0 Å². The molecule has 1 aliphatic carbocycles. The molecule has 3 aromatic rings. The average Bonchev–Trinajstić information content (AvgIpc) is 3.62. The van der Waals surface area contributed by atoms with Gasteiger partial charge in [-0.25, -0.2) is 0 Å². The third-order valence-corrected chi connectivity index (χ3v) is 6.94. The highest BCUT2D eigenvalue weighted by Gasteiger charge is 2.34. The van der Waals surface area contributed by atoms with E-state index in [1.165, 1.54) is 28.9 Å². The van der Waals surface area contributed by atoms with Gasteiger partial charge in [0.2, 0.25) is 17.7 Å². The summed E-state index contributed by atoms with van der Waals surface area (Å²) in [5.41, 5.74) is 0. The van der Waals surface area contributed by atoms with Gasteiger partial charge in [-0.2, -0.15) is 0 Å². The van der Waals surface area contributed by atoms with Crippen LogP contribution < -0.4 is 10.6 Å². The molecule has 0 radical (unpaired) electrons. The summed E-state index contributed by atoms with van der Waals surface area (Å²) in [6, 6.07) is 8.14. The summed E-state index contributed by atoms with van der Waals surface area (Å²) in [6.45, 7) is 1.85. The molecule has 3 aromatic heterocycles. The molecule has 3 heterocycles. The lowest BCUT2D eigenvalue weighted by atomic mass is 9.95. The lowest BCUT2D eigenvalue weighted by molar-refractivity contribution is -0.142. The number of furan rings is 1. The molecule has 10 heteroatoms. The number of hydrogen-bond acceptors (Lipinski definition) is 7. The van der Waals surface area contributed by atoms with E-state index in [0.29, 0.717) is 17.3 Å². The molecule has 1 aliphatic rings. The summed E-state index contributed by atoms with van der Waals surface area (Å²) in [7, 11) is 0. The molecule has 1 fully saturated rings. The highest BCUT2D eigenvalue weighted by molar-refractivity contribution is 7.10. The fourth-order valence-electron chi connectivity index (χ4n) is 4.29. The molecular weight excluding hydrogens is 468 g/mol. The third kappa shape index (κ3) is 6.82. The number of anilines is 1. The number of aryl methyl sites for hydroxylation is 1. The van der Waals surface area contributed by atoms with E-state index in [4.69, 9.17) is 8.94 Å². The lowest BCUT2D eigenvalue weighted by Gasteiger charge is -2.32. The van der Waals surface area contributed by atoms with Crippen LogP contribution in [0.1, 0.15) is 67.4 Å². The van der Waals surface area contributed by atoms with Gasteiger partial charge in [-0.1, -0.05) is 30.5 Å². The molecule has 0 aromatic carbocycles. The van der Waals surface area contributed by atoms with Crippen LogP contribution in [0.5, 0.6) is 0 Å². The van der Waals surface area contributed by atoms with Crippen LogP contribution >= 0.6 is 11.3 Å². The molecule has 0 bridgehead atoms. The summed E-state index contributed by atoms with van der Waals surface area (Å²) < 4.78 is 10.5. The number of rotatable bonds is 10. The van der Waals surface area contributed by atoms with Crippen molar-refractivity contribution in [2.75, 3.05) is 5.32 Å². The minimum absolute atomic E-state index is 0.0548. The average molecular weight is 499 g/mol. The zero-order chi connectivity index (χ0) is 24.6. The van der Waals surface area contributed by atoms with Crippen LogP contribution in [0, 0.1) is 6.92 Å². The van der Waals surface area contributed by atoms with Crippen molar-refractivity contribution in [2.24, 2.45) is 0 Å². The predicted molar refractivity (Wildman–Crippen MR) is 130 cm³/mol. The summed E-state index contributed by atoms with van der Waals surface area (Å²) in [5, 5.41) is 11.4.